The van der Waals surface area contributed by atoms with Gasteiger partial charge >= 0.3 is 0 Å². The molecule has 8 nitrogen and oxygen atoms in total. The van der Waals surface area contributed by atoms with Crippen molar-refractivity contribution in [2.75, 3.05) is 17.2 Å². The molecule has 0 spiro atoms. The summed E-state index contributed by atoms with van der Waals surface area (Å²) in [5.74, 6) is -0.916. The van der Waals surface area contributed by atoms with E-state index in [0.717, 1.165) is 17.2 Å². The van der Waals surface area contributed by atoms with Crippen molar-refractivity contribution < 1.29 is 26.4 Å². The van der Waals surface area contributed by atoms with Crippen LogP contribution in [-0.4, -0.2) is 35.6 Å². The molecule has 1 aliphatic rings. The molecule has 0 aliphatic carbocycles. The zero-order valence-corrected chi connectivity index (χ0v) is 18.8. The third-order valence-electron chi connectivity index (χ3n) is 4.84. The highest BCUT2D eigenvalue weighted by Crippen LogP contribution is 2.38. The molecule has 0 bridgehead atoms. The van der Waals surface area contributed by atoms with Gasteiger partial charge in [0.25, 0.3) is 0 Å². The fourth-order valence-electron chi connectivity index (χ4n) is 3.23. The number of methoxy groups -OCH3 is 1. The van der Waals surface area contributed by atoms with E-state index in [1.165, 1.54) is 33.1 Å². The van der Waals surface area contributed by atoms with Crippen LogP contribution >= 0.6 is 0 Å². The summed E-state index contributed by atoms with van der Waals surface area (Å²) in [5.41, 5.74) is 0.678. The monoisotopic (exact) mass is 452 g/mol. The molecule has 0 atom stereocenters. The van der Waals surface area contributed by atoms with E-state index in [1.54, 1.807) is 0 Å². The number of amides is 1. The zero-order valence-electron chi connectivity index (χ0n) is 17.2. The normalized spacial score (nSPS) is 17.9. The predicted molar refractivity (Wildman–Crippen MR) is 113 cm³/mol. The Bertz CT molecular complexity index is 1190. The van der Waals surface area contributed by atoms with Crippen LogP contribution in [-0.2, 0) is 31.4 Å². The maximum atomic E-state index is 12.9. The largest absolute Gasteiger partial charge is 0.495 e. The highest BCUT2D eigenvalue weighted by Gasteiger charge is 2.50. The number of sulfonamides is 2. The molecule has 1 heterocycles. The van der Waals surface area contributed by atoms with Gasteiger partial charge in [-0.1, -0.05) is 29.8 Å². The lowest BCUT2D eigenvalue weighted by Gasteiger charge is -2.19. The maximum Gasteiger partial charge on any atom is 0.247 e. The van der Waals surface area contributed by atoms with E-state index in [0.29, 0.717) is 4.31 Å². The summed E-state index contributed by atoms with van der Waals surface area (Å²) in [5, 5.41) is 0. The topological polar surface area (TPSA) is 110 Å². The van der Waals surface area contributed by atoms with Gasteiger partial charge in [0.2, 0.25) is 26.0 Å². The summed E-state index contributed by atoms with van der Waals surface area (Å²) >= 11 is 0. The predicted octanol–water partition coefficient (Wildman–Crippen LogP) is 2.18. The van der Waals surface area contributed by atoms with Gasteiger partial charge in [0.15, 0.2) is 0 Å². The van der Waals surface area contributed by atoms with E-state index in [9.17, 15) is 21.6 Å². The average molecular weight is 453 g/mol. The molecule has 0 aromatic heterocycles. The molecule has 1 fully saturated rings. The van der Waals surface area contributed by atoms with Crippen molar-refractivity contribution >= 4 is 31.6 Å². The van der Waals surface area contributed by atoms with Crippen LogP contribution in [0.25, 0.3) is 0 Å². The molecule has 1 N–H and O–H groups in total. The second kappa shape index (κ2) is 7.68. The van der Waals surface area contributed by atoms with E-state index in [-0.39, 0.29) is 28.6 Å². The van der Waals surface area contributed by atoms with Crippen molar-refractivity contribution in [3.8, 4) is 5.75 Å². The number of carbonyl (C=O) groups excluding carboxylic acids is 1. The van der Waals surface area contributed by atoms with E-state index in [1.807, 2.05) is 31.2 Å². The standard InChI is InChI=1S/C20H24N2O6S2/c1-14-5-7-15(8-6-14)12-21-30(26,27)18-11-16(9-10-17(18)28-4)22-19(23)20(2,3)13-29(22,24)25/h5-11,21H,12-13H2,1-4H3. The molecule has 0 saturated carbocycles. The Balaban J connectivity index is 1.98. The van der Waals surface area contributed by atoms with Crippen LogP contribution in [0.5, 0.6) is 5.75 Å². The van der Waals surface area contributed by atoms with Crippen molar-refractivity contribution in [2.45, 2.75) is 32.2 Å². The molecular formula is C20H24N2O6S2. The molecule has 3 rings (SSSR count). The van der Waals surface area contributed by atoms with Crippen LogP contribution in [0.2, 0.25) is 0 Å². The number of hydrogen-bond acceptors (Lipinski definition) is 6. The third kappa shape index (κ3) is 4.21. The van der Waals surface area contributed by atoms with E-state index < -0.39 is 31.4 Å². The summed E-state index contributed by atoms with van der Waals surface area (Å²) in [7, 11) is -6.65. The first-order chi connectivity index (χ1) is 13.9. The van der Waals surface area contributed by atoms with Crippen LogP contribution in [0.3, 0.4) is 0 Å². The number of nitrogens with zero attached hydrogens (tertiary/aromatic N) is 1. The van der Waals surface area contributed by atoms with Crippen LogP contribution in [0.15, 0.2) is 47.4 Å². The minimum Gasteiger partial charge on any atom is -0.495 e. The molecule has 0 unspecified atom stereocenters. The summed E-state index contributed by atoms with van der Waals surface area (Å²) in [6.45, 7) is 5.05. The van der Waals surface area contributed by atoms with Gasteiger partial charge in [0.05, 0.1) is 24.0 Å². The van der Waals surface area contributed by atoms with Gasteiger partial charge in [0.1, 0.15) is 10.6 Å². The van der Waals surface area contributed by atoms with Crippen molar-refractivity contribution in [1.82, 2.24) is 4.72 Å². The van der Waals surface area contributed by atoms with Crippen LogP contribution in [0.4, 0.5) is 5.69 Å². The Hall–Kier alpha value is -2.43. The van der Waals surface area contributed by atoms with Crippen molar-refractivity contribution in [2.24, 2.45) is 5.41 Å². The average Bonchev–Trinajstić information content (AvgIpc) is 2.83. The molecule has 2 aromatic carbocycles. The fourth-order valence-corrected chi connectivity index (χ4v) is 6.53. The lowest BCUT2D eigenvalue weighted by atomic mass is 9.95. The van der Waals surface area contributed by atoms with Gasteiger partial charge in [0, 0.05) is 6.54 Å². The summed E-state index contributed by atoms with van der Waals surface area (Å²) in [6, 6.07) is 11.2. The fraction of sp³-hybridized carbons (Fsp3) is 0.350. The van der Waals surface area contributed by atoms with Crippen molar-refractivity contribution in [1.29, 1.82) is 0 Å². The number of ether oxygens (including phenoxy) is 1. The number of rotatable bonds is 6. The Labute approximate surface area is 177 Å². The Morgan fingerprint density at radius 1 is 1.13 bits per heavy atom. The molecular weight excluding hydrogens is 428 g/mol. The molecule has 162 valence electrons. The highest BCUT2D eigenvalue weighted by molar-refractivity contribution is 7.94. The highest BCUT2D eigenvalue weighted by atomic mass is 32.2. The molecule has 1 aliphatic heterocycles. The van der Waals surface area contributed by atoms with Gasteiger partial charge in [-0.3, -0.25) is 4.79 Å². The maximum absolute atomic E-state index is 12.9. The van der Waals surface area contributed by atoms with Crippen LogP contribution in [0.1, 0.15) is 25.0 Å². The van der Waals surface area contributed by atoms with E-state index in [2.05, 4.69) is 4.72 Å². The van der Waals surface area contributed by atoms with Crippen LogP contribution < -0.4 is 13.8 Å². The molecule has 2 aromatic rings. The Morgan fingerprint density at radius 2 is 1.77 bits per heavy atom. The van der Waals surface area contributed by atoms with Gasteiger partial charge in [-0.05, 0) is 44.5 Å². The zero-order chi connectivity index (χ0) is 22.3. The number of carbonyl (C=O) groups is 1. The Kier molecular flexibility index (Phi) is 5.70. The lowest BCUT2D eigenvalue weighted by molar-refractivity contribution is -0.123. The first kappa shape index (κ1) is 22.3. The molecule has 10 heteroatoms. The smallest absolute Gasteiger partial charge is 0.247 e. The second-order valence-corrected chi connectivity index (χ2v) is 11.4. The first-order valence-corrected chi connectivity index (χ1v) is 12.3. The van der Waals surface area contributed by atoms with Gasteiger partial charge in [-0.2, -0.15) is 0 Å². The summed E-state index contributed by atoms with van der Waals surface area (Å²) in [6.07, 6.45) is 0. The second-order valence-electron chi connectivity index (χ2n) is 7.85. The summed E-state index contributed by atoms with van der Waals surface area (Å²) in [4.78, 5) is 12.4. The molecule has 1 saturated heterocycles. The summed E-state index contributed by atoms with van der Waals surface area (Å²) < 4.78 is 59.3. The van der Waals surface area contributed by atoms with Crippen molar-refractivity contribution in [3.63, 3.8) is 0 Å². The minimum absolute atomic E-state index is 0.0397. The van der Waals surface area contributed by atoms with E-state index >= 15 is 0 Å². The minimum atomic E-state index is -4.05. The number of benzene rings is 2. The molecule has 1 amide bonds. The van der Waals surface area contributed by atoms with Crippen LogP contribution in [0, 0.1) is 12.3 Å². The van der Waals surface area contributed by atoms with E-state index in [4.69, 9.17) is 4.74 Å². The number of nitrogens with one attached hydrogen (secondary N) is 1. The quantitative estimate of drug-likeness (QED) is 0.719. The van der Waals surface area contributed by atoms with Gasteiger partial charge in [-0.25, -0.2) is 25.9 Å². The SMILES string of the molecule is COc1ccc(N2C(=O)C(C)(C)CS2(=O)=O)cc1S(=O)(=O)NCc1ccc(C)cc1. The van der Waals surface area contributed by atoms with Crippen molar-refractivity contribution in [3.05, 3.63) is 53.6 Å². The van der Waals surface area contributed by atoms with Gasteiger partial charge in [-0.15, -0.1) is 0 Å². The molecule has 30 heavy (non-hydrogen) atoms. The lowest BCUT2D eigenvalue weighted by Crippen LogP contribution is -2.33. The first-order valence-electron chi connectivity index (χ1n) is 9.18. The number of aryl methyl sites for hydroxylation is 1. The Morgan fingerprint density at radius 3 is 2.30 bits per heavy atom. The third-order valence-corrected chi connectivity index (χ3v) is 8.28. The van der Waals surface area contributed by atoms with Gasteiger partial charge < -0.3 is 4.74 Å². The molecule has 0 radical (unpaired) electrons. The number of anilines is 1. The number of hydrogen-bond donors (Lipinski definition) is 1.